The zero-order valence-corrected chi connectivity index (χ0v) is 22.0. The molecule has 3 aromatic rings. The van der Waals surface area contributed by atoms with Crippen molar-refractivity contribution in [3.05, 3.63) is 66.1 Å². The van der Waals surface area contributed by atoms with Crippen molar-refractivity contribution in [3.63, 3.8) is 0 Å². The molecule has 3 aliphatic rings. The SMILES string of the molecule is CC(C)Oc1ccc(-c2cccc(N(CC34CCC(c5cc(C(C)(F)F)on5)(CC3)CC4)C(=O)O)c2)cc1. The third-order valence-electron chi connectivity index (χ3n) is 8.33. The van der Waals surface area contributed by atoms with E-state index < -0.39 is 17.8 Å². The van der Waals surface area contributed by atoms with Gasteiger partial charge in [-0.05, 0) is 93.2 Å². The van der Waals surface area contributed by atoms with Crippen LogP contribution in [0.5, 0.6) is 5.75 Å². The molecule has 202 valence electrons. The third kappa shape index (κ3) is 5.13. The first-order chi connectivity index (χ1) is 18.0. The number of aromatic nitrogens is 1. The molecule has 1 aromatic heterocycles. The molecule has 1 N–H and O–H groups in total. The van der Waals surface area contributed by atoms with Crippen LogP contribution in [0, 0.1) is 5.41 Å². The van der Waals surface area contributed by atoms with Gasteiger partial charge in [-0.2, -0.15) is 8.78 Å². The number of carbonyl (C=O) groups is 1. The standard InChI is InChI=1S/C30H34F2N2O4/c1-20(2)37-24-9-7-21(8-10-24)22-5-4-6-23(17-22)34(27(35)36)19-29-11-14-30(15-12-29,16-13-29)25-18-26(38-33-25)28(3,31)32/h4-10,17-18,20H,11-16,19H2,1-3H3,(H,35,36). The average molecular weight is 525 g/mol. The number of nitrogens with zero attached hydrogens (tertiary/aromatic N) is 2. The number of hydrogen-bond acceptors (Lipinski definition) is 4. The maximum absolute atomic E-state index is 13.7. The van der Waals surface area contributed by atoms with Crippen LogP contribution in [0.2, 0.25) is 0 Å². The second kappa shape index (κ2) is 9.71. The second-order valence-electron chi connectivity index (χ2n) is 11.4. The third-order valence-corrected chi connectivity index (χ3v) is 8.33. The molecule has 2 bridgehead atoms. The minimum absolute atomic E-state index is 0.0897. The lowest BCUT2D eigenvalue weighted by molar-refractivity contribution is -0.0108. The van der Waals surface area contributed by atoms with Crippen molar-refractivity contribution >= 4 is 11.8 Å². The maximum Gasteiger partial charge on any atom is 0.411 e. The Morgan fingerprint density at radius 2 is 1.71 bits per heavy atom. The number of halogens is 2. The quantitative estimate of drug-likeness (QED) is 0.323. The van der Waals surface area contributed by atoms with Gasteiger partial charge in [-0.25, -0.2) is 4.79 Å². The van der Waals surface area contributed by atoms with Crippen molar-refractivity contribution in [1.82, 2.24) is 5.16 Å². The average Bonchev–Trinajstić information content (AvgIpc) is 3.41. The van der Waals surface area contributed by atoms with Gasteiger partial charge in [0.1, 0.15) is 5.75 Å². The van der Waals surface area contributed by atoms with Crippen LogP contribution in [0.1, 0.15) is 70.8 Å². The predicted octanol–water partition coefficient (Wildman–Crippen LogP) is 8.02. The summed E-state index contributed by atoms with van der Waals surface area (Å²) in [6.45, 7) is 5.18. The highest BCUT2D eigenvalue weighted by Crippen LogP contribution is 2.58. The number of amides is 1. The lowest BCUT2D eigenvalue weighted by Gasteiger charge is -2.53. The molecule has 6 nitrogen and oxygen atoms in total. The van der Waals surface area contributed by atoms with E-state index in [4.69, 9.17) is 9.26 Å². The summed E-state index contributed by atoms with van der Waals surface area (Å²) in [7, 11) is 0. The van der Waals surface area contributed by atoms with Crippen molar-refractivity contribution in [3.8, 4) is 16.9 Å². The highest BCUT2D eigenvalue weighted by Gasteiger charge is 2.52. The summed E-state index contributed by atoms with van der Waals surface area (Å²) in [5.74, 6) is -2.67. The number of alkyl halides is 2. The van der Waals surface area contributed by atoms with Gasteiger partial charge in [-0.1, -0.05) is 29.4 Å². The molecule has 6 rings (SSSR count). The van der Waals surface area contributed by atoms with Gasteiger partial charge < -0.3 is 14.4 Å². The molecule has 3 saturated carbocycles. The first-order valence-corrected chi connectivity index (χ1v) is 13.2. The van der Waals surface area contributed by atoms with Gasteiger partial charge in [0.15, 0.2) is 0 Å². The fourth-order valence-corrected chi connectivity index (χ4v) is 6.07. The molecule has 3 fully saturated rings. The lowest BCUT2D eigenvalue weighted by atomic mass is 9.52. The van der Waals surface area contributed by atoms with Gasteiger partial charge in [0, 0.05) is 30.6 Å². The Bertz CT molecular complexity index is 1270. The summed E-state index contributed by atoms with van der Waals surface area (Å²) in [4.78, 5) is 13.9. The van der Waals surface area contributed by atoms with Crippen molar-refractivity contribution < 1.29 is 27.9 Å². The Kier molecular flexibility index (Phi) is 6.70. The second-order valence-corrected chi connectivity index (χ2v) is 11.4. The fraction of sp³-hybridized carbons (Fsp3) is 0.467. The first-order valence-electron chi connectivity index (χ1n) is 13.2. The Hall–Kier alpha value is -3.42. The van der Waals surface area contributed by atoms with Crippen molar-refractivity contribution in [2.75, 3.05) is 11.4 Å². The molecule has 3 aliphatic carbocycles. The number of ether oxygens (including phenoxy) is 1. The van der Waals surface area contributed by atoms with Crippen molar-refractivity contribution in [1.29, 1.82) is 0 Å². The van der Waals surface area contributed by atoms with Gasteiger partial charge in [-0.3, -0.25) is 4.90 Å². The minimum Gasteiger partial charge on any atom is -0.491 e. The Morgan fingerprint density at radius 1 is 1.05 bits per heavy atom. The van der Waals surface area contributed by atoms with Gasteiger partial charge in [0.05, 0.1) is 11.8 Å². The molecular weight excluding hydrogens is 490 g/mol. The van der Waals surface area contributed by atoms with E-state index in [9.17, 15) is 18.7 Å². The molecule has 8 heteroatoms. The van der Waals surface area contributed by atoms with Gasteiger partial charge in [0.2, 0.25) is 5.76 Å². The normalized spacial score (nSPS) is 23.0. The van der Waals surface area contributed by atoms with E-state index in [1.54, 1.807) is 0 Å². The van der Waals surface area contributed by atoms with E-state index in [0.717, 1.165) is 62.3 Å². The summed E-state index contributed by atoms with van der Waals surface area (Å²) < 4.78 is 38.1. The number of hydrogen-bond donors (Lipinski definition) is 1. The number of anilines is 1. The summed E-state index contributed by atoms with van der Waals surface area (Å²) in [6.07, 6.45) is 3.92. The number of carboxylic acid groups (broad SMARTS) is 1. The van der Waals surface area contributed by atoms with Crippen LogP contribution < -0.4 is 9.64 Å². The molecule has 0 unspecified atom stereocenters. The van der Waals surface area contributed by atoms with Gasteiger partial charge in [0.25, 0.3) is 0 Å². The van der Waals surface area contributed by atoms with Crippen molar-refractivity contribution in [2.24, 2.45) is 5.41 Å². The maximum atomic E-state index is 13.7. The van der Waals surface area contributed by atoms with E-state index in [1.807, 2.05) is 62.4 Å². The Labute approximate surface area is 221 Å². The predicted molar refractivity (Wildman–Crippen MR) is 141 cm³/mol. The molecule has 0 aliphatic heterocycles. The van der Waals surface area contributed by atoms with E-state index in [1.165, 1.54) is 11.0 Å². The summed E-state index contributed by atoms with van der Waals surface area (Å²) in [6, 6.07) is 16.8. The van der Waals surface area contributed by atoms with Crippen LogP contribution >= 0.6 is 0 Å². The Balaban J connectivity index is 1.32. The first kappa shape index (κ1) is 26.2. The van der Waals surface area contributed by atoms with Crippen LogP contribution in [0.4, 0.5) is 19.3 Å². The van der Waals surface area contributed by atoms with E-state index in [2.05, 4.69) is 5.16 Å². The van der Waals surface area contributed by atoms with Crippen LogP contribution in [0.15, 0.2) is 59.1 Å². The molecule has 2 aromatic carbocycles. The Morgan fingerprint density at radius 3 is 2.26 bits per heavy atom. The van der Waals surface area contributed by atoms with E-state index in [-0.39, 0.29) is 16.9 Å². The zero-order valence-electron chi connectivity index (χ0n) is 22.0. The molecular formula is C30H34F2N2O4. The van der Waals surface area contributed by atoms with E-state index in [0.29, 0.717) is 17.9 Å². The van der Waals surface area contributed by atoms with E-state index >= 15 is 0 Å². The fourth-order valence-electron chi connectivity index (χ4n) is 6.07. The van der Waals surface area contributed by atoms with Crippen LogP contribution in [-0.4, -0.2) is 29.0 Å². The molecule has 1 amide bonds. The number of rotatable bonds is 8. The largest absolute Gasteiger partial charge is 0.491 e. The summed E-state index contributed by atoms with van der Waals surface area (Å²) >= 11 is 0. The lowest BCUT2D eigenvalue weighted by Crippen LogP contribution is -2.50. The molecule has 0 radical (unpaired) electrons. The van der Waals surface area contributed by atoms with Crippen molar-refractivity contribution in [2.45, 2.75) is 76.7 Å². The molecule has 0 spiro atoms. The smallest absolute Gasteiger partial charge is 0.411 e. The number of benzene rings is 2. The monoisotopic (exact) mass is 524 g/mol. The zero-order chi connectivity index (χ0) is 27.1. The molecule has 0 atom stereocenters. The van der Waals surface area contributed by atoms with Crippen LogP contribution in [0.3, 0.4) is 0 Å². The van der Waals surface area contributed by atoms with Gasteiger partial charge >= 0.3 is 12.0 Å². The topological polar surface area (TPSA) is 75.8 Å². The molecule has 0 saturated heterocycles. The molecule has 38 heavy (non-hydrogen) atoms. The molecule has 1 heterocycles. The summed E-state index contributed by atoms with van der Waals surface area (Å²) in [5.41, 5.74) is 2.75. The minimum atomic E-state index is -3.06. The van der Waals surface area contributed by atoms with Crippen LogP contribution in [-0.2, 0) is 11.3 Å². The number of fused-ring (bicyclic) bond motifs is 3. The highest BCUT2D eigenvalue weighted by atomic mass is 19.3. The summed E-state index contributed by atoms with van der Waals surface area (Å²) in [5, 5.41) is 14.2. The van der Waals surface area contributed by atoms with Gasteiger partial charge in [-0.15, -0.1) is 0 Å². The van der Waals surface area contributed by atoms with Crippen LogP contribution in [0.25, 0.3) is 11.1 Å². The highest BCUT2D eigenvalue weighted by molar-refractivity contribution is 5.87.